The van der Waals surface area contributed by atoms with E-state index in [0.29, 0.717) is 11.3 Å². The van der Waals surface area contributed by atoms with Crippen LogP contribution in [0.5, 0.6) is 0 Å². The minimum Gasteiger partial charge on any atom is -0.376 e. The van der Waals surface area contributed by atoms with Gasteiger partial charge < -0.3 is 9.88 Å². The Kier molecular flexibility index (Phi) is 3.90. The second-order valence-electron chi connectivity index (χ2n) is 4.32. The molecule has 3 nitrogen and oxygen atoms in total. The third kappa shape index (κ3) is 2.79. The summed E-state index contributed by atoms with van der Waals surface area (Å²) < 4.78 is 15.2. The molecule has 0 bridgehead atoms. The minimum atomic E-state index is -0.458. The maximum atomic E-state index is 13.7. The molecule has 0 fully saturated rings. The lowest BCUT2D eigenvalue weighted by molar-refractivity contribution is 0.613. The normalized spacial score (nSPS) is 10.5. The van der Waals surface area contributed by atoms with Crippen LogP contribution in [-0.4, -0.2) is 4.57 Å². The van der Waals surface area contributed by atoms with Crippen molar-refractivity contribution in [3.63, 3.8) is 0 Å². The number of rotatable bonds is 3. The molecule has 0 amide bonds. The molecule has 0 saturated heterocycles. The van der Waals surface area contributed by atoms with Crippen LogP contribution in [0, 0.1) is 12.7 Å². The number of nitrogens with one attached hydrogen (secondary N) is 1. The monoisotopic (exact) mass is 280 g/mol. The lowest BCUT2D eigenvalue weighted by Crippen LogP contribution is -2.22. The molecule has 1 N–H and O–H groups in total. The Bertz CT molecular complexity index is 667. The Hall–Kier alpha value is -1.81. The highest BCUT2D eigenvalue weighted by Crippen LogP contribution is 2.18. The van der Waals surface area contributed by atoms with E-state index in [1.165, 1.54) is 10.6 Å². The summed E-state index contributed by atoms with van der Waals surface area (Å²) in [5.41, 5.74) is 1.59. The molecule has 1 aromatic heterocycles. The van der Waals surface area contributed by atoms with Gasteiger partial charge in [0.25, 0.3) is 5.56 Å². The molecule has 0 aliphatic rings. The number of halogens is 2. The summed E-state index contributed by atoms with van der Waals surface area (Å²) in [4.78, 5) is 11.9. The fourth-order valence-electron chi connectivity index (χ4n) is 1.74. The molecule has 0 unspecified atom stereocenters. The molecule has 0 atom stereocenters. The van der Waals surface area contributed by atoms with Gasteiger partial charge in [-0.2, -0.15) is 0 Å². The van der Waals surface area contributed by atoms with Crippen LogP contribution in [0.15, 0.2) is 35.1 Å². The summed E-state index contributed by atoms with van der Waals surface area (Å²) >= 11 is 5.70. The topological polar surface area (TPSA) is 34.0 Å². The van der Waals surface area contributed by atoms with Gasteiger partial charge in [-0.25, -0.2) is 4.39 Å². The highest BCUT2D eigenvalue weighted by atomic mass is 35.5. The Balaban J connectivity index is 2.22. The Morgan fingerprint density at radius 3 is 2.79 bits per heavy atom. The first kappa shape index (κ1) is 13.6. The molecule has 5 heteroatoms. The van der Waals surface area contributed by atoms with E-state index in [2.05, 4.69) is 5.32 Å². The molecule has 0 aliphatic heterocycles. The van der Waals surface area contributed by atoms with Gasteiger partial charge >= 0.3 is 0 Å². The van der Waals surface area contributed by atoms with Gasteiger partial charge in [0.2, 0.25) is 0 Å². The zero-order valence-corrected chi connectivity index (χ0v) is 11.5. The summed E-state index contributed by atoms with van der Waals surface area (Å²) in [7, 11) is 1.70. The molecule has 1 aromatic carbocycles. The quantitative estimate of drug-likeness (QED) is 0.937. The average molecular weight is 281 g/mol. The van der Waals surface area contributed by atoms with Gasteiger partial charge in [0.15, 0.2) is 0 Å². The van der Waals surface area contributed by atoms with Crippen molar-refractivity contribution in [1.82, 2.24) is 4.57 Å². The lowest BCUT2D eigenvalue weighted by Gasteiger charge is -2.10. The summed E-state index contributed by atoms with van der Waals surface area (Å²) in [5.74, 6) is -0.458. The maximum Gasteiger partial charge on any atom is 0.273 e. The van der Waals surface area contributed by atoms with Gasteiger partial charge in [0, 0.05) is 24.8 Å². The Morgan fingerprint density at radius 2 is 2.05 bits per heavy atom. The zero-order chi connectivity index (χ0) is 14.0. The highest BCUT2D eigenvalue weighted by molar-refractivity contribution is 6.30. The molecule has 100 valence electrons. The van der Waals surface area contributed by atoms with Crippen LogP contribution < -0.4 is 10.9 Å². The average Bonchev–Trinajstić information content (AvgIpc) is 2.40. The van der Waals surface area contributed by atoms with Gasteiger partial charge in [-0.15, -0.1) is 0 Å². The summed E-state index contributed by atoms with van der Waals surface area (Å²) in [6, 6.07) is 8.33. The third-order valence-electron chi connectivity index (χ3n) is 3.06. The van der Waals surface area contributed by atoms with Crippen molar-refractivity contribution >= 4 is 17.3 Å². The predicted octanol–water partition coefficient (Wildman–Crippen LogP) is 3.10. The number of aromatic nitrogens is 1. The first-order valence-corrected chi connectivity index (χ1v) is 6.22. The van der Waals surface area contributed by atoms with Crippen molar-refractivity contribution in [3.05, 3.63) is 62.8 Å². The fraction of sp³-hybridized carbons (Fsp3) is 0.214. The van der Waals surface area contributed by atoms with Gasteiger partial charge in [-0.3, -0.25) is 4.79 Å². The van der Waals surface area contributed by atoms with Crippen molar-refractivity contribution in [2.24, 2.45) is 7.05 Å². The second kappa shape index (κ2) is 5.45. The van der Waals surface area contributed by atoms with Crippen molar-refractivity contribution in [3.8, 4) is 0 Å². The van der Waals surface area contributed by atoms with Gasteiger partial charge in [-0.1, -0.05) is 23.7 Å². The summed E-state index contributed by atoms with van der Waals surface area (Å²) in [6.45, 7) is 2.06. The number of benzene rings is 1. The van der Waals surface area contributed by atoms with E-state index in [0.717, 1.165) is 5.69 Å². The van der Waals surface area contributed by atoms with E-state index in [1.807, 2.05) is 13.0 Å². The molecule has 1 heterocycles. The van der Waals surface area contributed by atoms with E-state index >= 15 is 0 Å². The van der Waals surface area contributed by atoms with Crippen LogP contribution in [0.3, 0.4) is 0 Å². The van der Waals surface area contributed by atoms with Crippen molar-refractivity contribution in [2.75, 3.05) is 5.32 Å². The van der Waals surface area contributed by atoms with Crippen LogP contribution >= 0.6 is 11.6 Å². The molecule has 0 radical (unpaired) electrons. The lowest BCUT2D eigenvalue weighted by atomic mass is 10.2. The van der Waals surface area contributed by atoms with E-state index in [4.69, 9.17) is 11.6 Å². The molecule has 2 aromatic rings. The van der Waals surface area contributed by atoms with Crippen LogP contribution in [0.1, 0.15) is 11.3 Å². The molecule has 0 saturated carbocycles. The molecule has 0 aliphatic carbocycles. The number of anilines is 1. The van der Waals surface area contributed by atoms with Crippen LogP contribution in [0.2, 0.25) is 5.02 Å². The van der Waals surface area contributed by atoms with Crippen LogP contribution in [-0.2, 0) is 13.6 Å². The van der Waals surface area contributed by atoms with E-state index in [1.54, 1.807) is 25.2 Å². The van der Waals surface area contributed by atoms with E-state index < -0.39 is 5.82 Å². The second-order valence-corrected chi connectivity index (χ2v) is 4.73. The number of pyridine rings is 1. The van der Waals surface area contributed by atoms with Crippen LogP contribution in [0.25, 0.3) is 0 Å². The molecular formula is C14H14ClFN2O. The van der Waals surface area contributed by atoms with Crippen molar-refractivity contribution < 1.29 is 4.39 Å². The van der Waals surface area contributed by atoms with Gasteiger partial charge in [0.1, 0.15) is 11.5 Å². The largest absolute Gasteiger partial charge is 0.376 e. The number of hydrogen-bond acceptors (Lipinski definition) is 2. The van der Waals surface area contributed by atoms with Crippen LogP contribution in [0.4, 0.5) is 10.1 Å². The van der Waals surface area contributed by atoms with Crippen molar-refractivity contribution in [2.45, 2.75) is 13.5 Å². The number of nitrogens with zero attached hydrogens (tertiary/aromatic N) is 1. The number of aryl methyl sites for hydroxylation is 1. The first-order chi connectivity index (χ1) is 9.00. The predicted molar refractivity (Wildman–Crippen MR) is 75.2 cm³/mol. The molecule has 2 rings (SSSR count). The van der Waals surface area contributed by atoms with E-state index in [9.17, 15) is 9.18 Å². The highest BCUT2D eigenvalue weighted by Gasteiger charge is 2.07. The minimum absolute atomic E-state index is 0.0797. The molecular weight excluding hydrogens is 267 g/mol. The zero-order valence-electron chi connectivity index (χ0n) is 10.7. The summed E-state index contributed by atoms with van der Waals surface area (Å²) in [6.07, 6.45) is 0. The van der Waals surface area contributed by atoms with Gasteiger partial charge in [-0.05, 0) is 25.1 Å². The molecule has 0 spiro atoms. The van der Waals surface area contributed by atoms with Gasteiger partial charge in [0.05, 0.1) is 5.02 Å². The fourth-order valence-corrected chi connectivity index (χ4v) is 1.93. The first-order valence-electron chi connectivity index (χ1n) is 5.84. The standard InChI is InChI=1S/C14H14ClFN2O/c1-9-6-7-12(14(19)18(9)2)17-8-10-4-3-5-11(15)13(10)16/h3-7,17H,8H2,1-2H3. The smallest absolute Gasteiger partial charge is 0.273 e. The Morgan fingerprint density at radius 1 is 1.32 bits per heavy atom. The number of hydrogen-bond donors (Lipinski definition) is 1. The summed E-state index contributed by atoms with van der Waals surface area (Å²) in [5, 5.41) is 3.01. The Labute approximate surface area is 115 Å². The third-order valence-corrected chi connectivity index (χ3v) is 3.35. The van der Waals surface area contributed by atoms with E-state index in [-0.39, 0.29) is 17.1 Å². The molecule has 19 heavy (non-hydrogen) atoms. The van der Waals surface area contributed by atoms with Crippen molar-refractivity contribution in [1.29, 1.82) is 0 Å². The maximum absolute atomic E-state index is 13.7. The SMILES string of the molecule is Cc1ccc(NCc2cccc(Cl)c2F)c(=O)n1C.